The number of anilines is 2. The molecule has 1 heterocycles. The molecular formula is C20H18N4O4. The van der Waals surface area contributed by atoms with Gasteiger partial charge in [-0.05, 0) is 43.3 Å². The number of aromatic nitrogens is 2. The lowest BCUT2D eigenvalue weighted by atomic mass is 10.1. The number of hydrogen-bond acceptors (Lipinski definition) is 6. The standard InChI is InChI=1S/C20H18N4O4/c1-12(25)14-4-3-5-15(10-14)23-19(26)13-6-8-16(9-7-13)24-18(21)17(11-22-24)20(27)28-2/h3-11H,21H2,1-2H3,(H,23,26). The number of ketones is 1. The van der Waals surface area contributed by atoms with E-state index in [0.717, 1.165) is 0 Å². The fourth-order valence-electron chi connectivity index (χ4n) is 2.60. The van der Waals surface area contributed by atoms with Gasteiger partial charge in [-0.1, -0.05) is 12.1 Å². The van der Waals surface area contributed by atoms with Crippen molar-refractivity contribution < 1.29 is 19.1 Å². The molecule has 28 heavy (non-hydrogen) atoms. The molecule has 2 aromatic carbocycles. The van der Waals surface area contributed by atoms with Gasteiger partial charge in [-0.15, -0.1) is 0 Å². The van der Waals surface area contributed by atoms with Crippen molar-refractivity contribution in [2.45, 2.75) is 6.92 Å². The molecular weight excluding hydrogens is 360 g/mol. The van der Waals surface area contributed by atoms with Gasteiger partial charge in [-0.3, -0.25) is 9.59 Å². The van der Waals surface area contributed by atoms with Gasteiger partial charge in [-0.2, -0.15) is 5.10 Å². The third kappa shape index (κ3) is 3.75. The zero-order valence-electron chi connectivity index (χ0n) is 15.3. The van der Waals surface area contributed by atoms with E-state index in [1.165, 1.54) is 24.9 Å². The Hall–Kier alpha value is -3.94. The molecule has 0 radical (unpaired) electrons. The van der Waals surface area contributed by atoms with Crippen molar-refractivity contribution >= 4 is 29.2 Å². The SMILES string of the molecule is COC(=O)c1cnn(-c2ccc(C(=O)Nc3cccc(C(C)=O)c3)cc2)c1N. The Morgan fingerprint density at radius 1 is 1.07 bits per heavy atom. The molecule has 3 N–H and O–H groups in total. The zero-order valence-corrected chi connectivity index (χ0v) is 15.3. The molecule has 0 saturated carbocycles. The number of Topliss-reactive ketones (excluding diaryl/α,β-unsaturated/α-hetero) is 1. The van der Waals surface area contributed by atoms with Gasteiger partial charge in [-0.25, -0.2) is 9.48 Å². The summed E-state index contributed by atoms with van der Waals surface area (Å²) in [7, 11) is 1.26. The van der Waals surface area contributed by atoms with Crippen LogP contribution in [-0.2, 0) is 4.74 Å². The summed E-state index contributed by atoms with van der Waals surface area (Å²) < 4.78 is 6.03. The first-order valence-corrected chi connectivity index (χ1v) is 8.35. The third-order valence-electron chi connectivity index (χ3n) is 4.11. The van der Waals surface area contributed by atoms with E-state index >= 15 is 0 Å². The minimum absolute atomic E-state index is 0.0800. The molecule has 8 nitrogen and oxygen atoms in total. The number of carbonyl (C=O) groups is 3. The Balaban J connectivity index is 1.78. The summed E-state index contributed by atoms with van der Waals surface area (Å²) in [5, 5.41) is 6.83. The summed E-state index contributed by atoms with van der Waals surface area (Å²) in [4.78, 5) is 35.5. The minimum atomic E-state index is -0.576. The summed E-state index contributed by atoms with van der Waals surface area (Å²) >= 11 is 0. The average molecular weight is 378 g/mol. The summed E-state index contributed by atoms with van der Waals surface area (Å²) in [6.45, 7) is 1.46. The van der Waals surface area contributed by atoms with Crippen LogP contribution < -0.4 is 11.1 Å². The number of benzene rings is 2. The third-order valence-corrected chi connectivity index (χ3v) is 4.11. The summed E-state index contributed by atoms with van der Waals surface area (Å²) in [5.74, 6) is -0.836. The lowest BCUT2D eigenvalue weighted by molar-refractivity contribution is 0.0601. The number of nitrogen functional groups attached to an aromatic ring is 1. The lowest BCUT2D eigenvalue weighted by Gasteiger charge is -2.08. The highest BCUT2D eigenvalue weighted by molar-refractivity contribution is 6.05. The predicted octanol–water partition coefficient (Wildman–Crippen LogP) is 2.70. The van der Waals surface area contributed by atoms with Crippen LogP contribution in [0.25, 0.3) is 5.69 Å². The van der Waals surface area contributed by atoms with Crippen LogP contribution in [0.1, 0.15) is 38.0 Å². The first-order chi connectivity index (χ1) is 13.4. The van der Waals surface area contributed by atoms with Crippen LogP contribution in [0, 0.1) is 0 Å². The maximum Gasteiger partial charge on any atom is 0.343 e. The fourth-order valence-corrected chi connectivity index (χ4v) is 2.60. The minimum Gasteiger partial charge on any atom is -0.465 e. The Bertz CT molecular complexity index is 1050. The number of nitrogens with zero attached hydrogens (tertiary/aromatic N) is 2. The van der Waals surface area contributed by atoms with Crippen molar-refractivity contribution in [3.8, 4) is 5.69 Å². The molecule has 0 unspecified atom stereocenters. The summed E-state index contributed by atoms with van der Waals surface area (Å²) in [6, 6.07) is 13.2. The van der Waals surface area contributed by atoms with Crippen molar-refractivity contribution in [1.82, 2.24) is 9.78 Å². The molecule has 3 aromatic rings. The van der Waals surface area contributed by atoms with E-state index in [4.69, 9.17) is 5.73 Å². The van der Waals surface area contributed by atoms with Crippen molar-refractivity contribution in [1.29, 1.82) is 0 Å². The average Bonchev–Trinajstić information content (AvgIpc) is 3.09. The number of hydrogen-bond donors (Lipinski definition) is 2. The van der Waals surface area contributed by atoms with Gasteiger partial charge < -0.3 is 15.8 Å². The van der Waals surface area contributed by atoms with Gasteiger partial charge in [0.05, 0.1) is 19.0 Å². The first-order valence-electron chi connectivity index (χ1n) is 8.35. The van der Waals surface area contributed by atoms with Crippen molar-refractivity contribution in [2.75, 3.05) is 18.2 Å². The van der Waals surface area contributed by atoms with E-state index in [1.54, 1.807) is 48.5 Å². The Labute approximate surface area is 160 Å². The smallest absolute Gasteiger partial charge is 0.343 e. The number of carbonyl (C=O) groups excluding carboxylic acids is 3. The van der Waals surface area contributed by atoms with Gasteiger partial charge in [0.1, 0.15) is 11.4 Å². The van der Waals surface area contributed by atoms with Crippen LogP contribution in [0.2, 0.25) is 0 Å². The van der Waals surface area contributed by atoms with Crippen LogP contribution in [0.3, 0.4) is 0 Å². The fraction of sp³-hybridized carbons (Fsp3) is 0.100. The molecule has 142 valence electrons. The first kappa shape index (κ1) is 18.8. The number of nitrogens with one attached hydrogen (secondary N) is 1. The second-order valence-corrected chi connectivity index (χ2v) is 5.98. The lowest BCUT2D eigenvalue weighted by Crippen LogP contribution is -2.12. The Kier molecular flexibility index (Phi) is 5.21. The molecule has 0 bridgehead atoms. The normalized spacial score (nSPS) is 10.4. The van der Waals surface area contributed by atoms with E-state index in [0.29, 0.717) is 22.5 Å². The number of nitrogens with two attached hydrogens (primary N) is 1. The number of amides is 1. The molecule has 0 fully saturated rings. The van der Waals surface area contributed by atoms with Crippen molar-refractivity contribution in [2.24, 2.45) is 0 Å². The second kappa shape index (κ2) is 7.75. The van der Waals surface area contributed by atoms with Crippen molar-refractivity contribution in [3.05, 3.63) is 71.4 Å². The Morgan fingerprint density at radius 3 is 2.43 bits per heavy atom. The summed E-state index contributed by atoms with van der Waals surface area (Å²) in [5.41, 5.74) is 8.15. The monoisotopic (exact) mass is 378 g/mol. The number of esters is 1. The maximum atomic E-state index is 12.4. The van der Waals surface area contributed by atoms with E-state index in [2.05, 4.69) is 15.2 Å². The molecule has 3 rings (SSSR count). The van der Waals surface area contributed by atoms with Gasteiger partial charge in [0.25, 0.3) is 5.91 Å². The summed E-state index contributed by atoms with van der Waals surface area (Å²) in [6.07, 6.45) is 1.32. The van der Waals surface area contributed by atoms with E-state index in [-0.39, 0.29) is 23.1 Å². The van der Waals surface area contributed by atoms with Crippen LogP contribution in [0.5, 0.6) is 0 Å². The molecule has 8 heteroatoms. The highest BCUT2D eigenvalue weighted by Crippen LogP contribution is 2.19. The van der Waals surface area contributed by atoms with Crippen molar-refractivity contribution in [3.63, 3.8) is 0 Å². The van der Waals surface area contributed by atoms with E-state index < -0.39 is 5.97 Å². The van der Waals surface area contributed by atoms with Gasteiger partial charge in [0.15, 0.2) is 5.78 Å². The maximum absolute atomic E-state index is 12.4. The number of rotatable bonds is 5. The van der Waals surface area contributed by atoms with Crippen LogP contribution in [0.15, 0.2) is 54.7 Å². The van der Waals surface area contributed by atoms with Gasteiger partial charge in [0, 0.05) is 16.8 Å². The quantitative estimate of drug-likeness (QED) is 0.521. The zero-order chi connectivity index (χ0) is 20.3. The Morgan fingerprint density at radius 2 is 1.79 bits per heavy atom. The second-order valence-electron chi connectivity index (χ2n) is 5.98. The van der Waals surface area contributed by atoms with Gasteiger partial charge in [0.2, 0.25) is 0 Å². The molecule has 0 saturated heterocycles. The van der Waals surface area contributed by atoms with Crippen LogP contribution in [-0.4, -0.2) is 34.6 Å². The largest absolute Gasteiger partial charge is 0.465 e. The number of ether oxygens (including phenoxy) is 1. The molecule has 0 aliphatic carbocycles. The predicted molar refractivity (Wildman–Crippen MR) is 104 cm³/mol. The van der Waals surface area contributed by atoms with Crippen LogP contribution >= 0.6 is 0 Å². The number of methoxy groups -OCH3 is 1. The van der Waals surface area contributed by atoms with E-state index in [9.17, 15) is 14.4 Å². The van der Waals surface area contributed by atoms with Gasteiger partial charge >= 0.3 is 5.97 Å². The molecule has 1 aromatic heterocycles. The molecule has 1 amide bonds. The van der Waals surface area contributed by atoms with E-state index in [1.807, 2.05) is 0 Å². The molecule has 0 aliphatic heterocycles. The highest BCUT2D eigenvalue weighted by atomic mass is 16.5. The topological polar surface area (TPSA) is 116 Å². The highest BCUT2D eigenvalue weighted by Gasteiger charge is 2.16. The molecule has 0 spiro atoms. The molecule has 0 atom stereocenters. The molecule has 0 aliphatic rings. The van der Waals surface area contributed by atoms with Crippen LogP contribution in [0.4, 0.5) is 11.5 Å².